The van der Waals surface area contributed by atoms with Crippen molar-refractivity contribution in [3.8, 4) is 0 Å². The highest BCUT2D eigenvalue weighted by atomic mass is 79.9. The third-order valence-electron chi connectivity index (χ3n) is 4.44. The van der Waals surface area contributed by atoms with E-state index in [4.69, 9.17) is 4.42 Å². The van der Waals surface area contributed by atoms with Crippen LogP contribution >= 0.6 is 15.9 Å². The summed E-state index contributed by atoms with van der Waals surface area (Å²) in [6.45, 7) is 3.31. The summed E-state index contributed by atoms with van der Waals surface area (Å²) in [6.07, 6.45) is 2.85. The van der Waals surface area contributed by atoms with Gasteiger partial charge in [0, 0.05) is 30.1 Å². The first-order valence-corrected chi connectivity index (χ1v) is 7.70. The maximum absolute atomic E-state index is 12.3. The molecule has 104 valence electrons. The van der Waals surface area contributed by atoms with Crippen LogP contribution in [0.3, 0.4) is 0 Å². The maximum Gasteiger partial charge on any atom is 0.251 e. The Morgan fingerprint density at radius 2 is 2.30 bits per heavy atom. The quantitative estimate of drug-likeness (QED) is 0.918. The molecule has 0 spiro atoms. The topological polar surface area (TPSA) is 45.5 Å². The number of nitrogens with zero attached hydrogens (tertiary/aromatic N) is 1. The van der Waals surface area contributed by atoms with E-state index in [2.05, 4.69) is 26.1 Å². The normalized spacial score (nSPS) is 28.1. The highest BCUT2D eigenvalue weighted by Gasteiger charge is 2.38. The van der Waals surface area contributed by atoms with Crippen molar-refractivity contribution in [2.45, 2.75) is 12.5 Å². The summed E-state index contributed by atoms with van der Waals surface area (Å²) in [5.74, 6) is 0.624. The predicted molar refractivity (Wildman–Crippen MR) is 79.7 cm³/mol. The average Bonchev–Trinajstić information content (AvgIpc) is 3.14. The van der Waals surface area contributed by atoms with Gasteiger partial charge in [0.2, 0.25) is 0 Å². The summed E-state index contributed by atoms with van der Waals surface area (Å²) >= 11 is 3.42. The van der Waals surface area contributed by atoms with Gasteiger partial charge in [-0.1, -0.05) is 0 Å². The Kier molecular flexibility index (Phi) is 2.86. The van der Waals surface area contributed by atoms with E-state index in [0.717, 1.165) is 28.5 Å². The van der Waals surface area contributed by atoms with Crippen LogP contribution in [-0.2, 0) is 0 Å². The number of fused-ring (bicyclic) bond motifs is 3. The summed E-state index contributed by atoms with van der Waals surface area (Å²) < 4.78 is 6.34. The second kappa shape index (κ2) is 4.60. The number of piperidine rings is 1. The molecule has 1 amide bonds. The molecule has 2 aliphatic heterocycles. The van der Waals surface area contributed by atoms with E-state index in [9.17, 15) is 4.79 Å². The fourth-order valence-corrected chi connectivity index (χ4v) is 3.76. The molecule has 3 atom stereocenters. The van der Waals surface area contributed by atoms with Crippen LogP contribution in [0.5, 0.6) is 0 Å². The van der Waals surface area contributed by atoms with Crippen molar-refractivity contribution in [3.05, 3.63) is 34.5 Å². The molecule has 3 heterocycles. The molecule has 4 rings (SSSR count). The third kappa shape index (κ3) is 1.96. The van der Waals surface area contributed by atoms with E-state index < -0.39 is 0 Å². The van der Waals surface area contributed by atoms with Crippen LogP contribution in [-0.4, -0.2) is 36.5 Å². The highest BCUT2D eigenvalue weighted by molar-refractivity contribution is 9.10. The molecule has 3 unspecified atom stereocenters. The van der Waals surface area contributed by atoms with Crippen LogP contribution < -0.4 is 5.32 Å². The predicted octanol–water partition coefficient (Wildman–Crippen LogP) is 2.63. The van der Waals surface area contributed by atoms with Crippen molar-refractivity contribution in [1.29, 1.82) is 0 Å². The van der Waals surface area contributed by atoms with Gasteiger partial charge in [-0.15, -0.1) is 0 Å². The van der Waals surface area contributed by atoms with Gasteiger partial charge in [-0.2, -0.15) is 0 Å². The van der Waals surface area contributed by atoms with Crippen molar-refractivity contribution in [2.75, 3.05) is 19.6 Å². The number of carbonyl (C=O) groups is 1. The minimum atomic E-state index is -0.00169. The average molecular weight is 335 g/mol. The van der Waals surface area contributed by atoms with Gasteiger partial charge in [-0.3, -0.25) is 4.79 Å². The number of benzene rings is 1. The Hall–Kier alpha value is -1.33. The molecule has 1 aromatic heterocycles. The minimum absolute atomic E-state index is 0.00169. The van der Waals surface area contributed by atoms with Gasteiger partial charge in [0.1, 0.15) is 11.8 Å². The number of nitrogens with one attached hydrogen (secondary N) is 1. The van der Waals surface area contributed by atoms with Crippen molar-refractivity contribution in [2.24, 2.45) is 5.92 Å². The van der Waals surface area contributed by atoms with E-state index in [1.54, 1.807) is 6.26 Å². The first kappa shape index (κ1) is 12.4. The molecule has 2 aromatic rings. The lowest BCUT2D eigenvalue weighted by atomic mass is 9.99. The van der Waals surface area contributed by atoms with Crippen LogP contribution in [0, 0.1) is 5.92 Å². The summed E-state index contributed by atoms with van der Waals surface area (Å²) in [7, 11) is 0. The Morgan fingerprint density at radius 3 is 3.05 bits per heavy atom. The van der Waals surface area contributed by atoms with Gasteiger partial charge < -0.3 is 14.6 Å². The summed E-state index contributed by atoms with van der Waals surface area (Å²) in [5, 5.41) is 4.16. The molecule has 2 fully saturated rings. The highest BCUT2D eigenvalue weighted by Crippen LogP contribution is 2.29. The summed E-state index contributed by atoms with van der Waals surface area (Å²) in [5.41, 5.74) is 1.40. The fraction of sp³-hybridized carbons (Fsp3) is 0.400. The molecule has 2 aliphatic rings. The molecule has 0 saturated carbocycles. The van der Waals surface area contributed by atoms with Crippen molar-refractivity contribution in [1.82, 2.24) is 10.2 Å². The number of halogens is 1. The Labute approximate surface area is 125 Å². The second-order valence-corrected chi connectivity index (χ2v) is 6.54. The van der Waals surface area contributed by atoms with Gasteiger partial charge in [0.15, 0.2) is 0 Å². The number of furan rings is 1. The van der Waals surface area contributed by atoms with Gasteiger partial charge >= 0.3 is 0 Å². The van der Waals surface area contributed by atoms with E-state index in [1.165, 1.54) is 13.0 Å². The molecule has 0 aliphatic carbocycles. The monoisotopic (exact) mass is 334 g/mol. The van der Waals surface area contributed by atoms with E-state index in [1.807, 2.05) is 18.2 Å². The van der Waals surface area contributed by atoms with E-state index in [0.29, 0.717) is 17.5 Å². The first-order valence-electron chi connectivity index (χ1n) is 6.91. The van der Waals surface area contributed by atoms with Crippen molar-refractivity contribution >= 4 is 32.8 Å². The third-order valence-corrected chi connectivity index (χ3v) is 5.05. The van der Waals surface area contributed by atoms with Gasteiger partial charge in [0.25, 0.3) is 5.91 Å². The molecule has 5 heteroatoms. The lowest BCUT2D eigenvalue weighted by Crippen LogP contribution is -2.43. The van der Waals surface area contributed by atoms with E-state index in [-0.39, 0.29) is 5.91 Å². The number of rotatable bonds is 2. The lowest BCUT2D eigenvalue weighted by molar-refractivity contribution is 0.0924. The van der Waals surface area contributed by atoms with Crippen molar-refractivity contribution in [3.63, 3.8) is 0 Å². The number of hydrogen-bond donors (Lipinski definition) is 1. The van der Waals surface area contributed by atoms with Crippen LogP contribution in [0.25, 0.3) is 11.0 Å². The number of amides is 1. The molecule has 2 bridgehead atoms. The molecule has 1 aromatic carbocycles. The molecule has 2 saturated heterocycles. The Balaban J connectivity index is 1.54. The fourth-order valence-electron chi connectivity index (χ4n) is 3.34. The van der Waals surface area contributed by atoms with Gasteiger partial charge in [-0.05, 0) is 53.0 Å². The van der Waals surface area contributed by atoms with Crippen molar-refractivity contribution < 1.29 is 9.21 Å². The van der Waals surface area contributed by atoms with Crippen LogP contribution in [0.15, 0.2) is 33.4 Å². The zero-order valence-corrected chi connectivity index (χ0v) is 12.5. The zero-order valence-electron chi connectivity index (χ0n) is 10.9. The molecule has 1 N–H and O–H groups in total. The van der Waals surface area contributed by atoms with Crippen LogP contribution in [0.4, 0.5) is 0 Å². The maximum atomic E-state index is 12.3. The molecule has 4 nitrogen and oxygen atoms in total. The largest absolute Gasteiger partial charge is 0.463 e. The SMILES string of the molecule is O=C(NC1CN2CCC1C2)c1ccc2c(Br)coc2c1. The summed E-state index contributed by atoms with van der Waals surface area (Å²) in [6, 6.07) is 5.88. The summed E-state index contributed by atoms with van der Waals surface area (Å²) in [4.78, 5) is 14.8. The zero-order chi connectivity index (χ0) is 13.7. The Bertz CT molecular complexity index is 682. The lowest BCUT2D eigenvalue weighted by Gasteiger charge is -2.23. The second-order valence-electron chi connectivity index (χ2n) is 5.68. The standard InChI is InChI=1S/C15H15BrN2O2/c16-12-8-20-14-5-9(1-2-11(12)14)15(19)17-13-7-18-4-3-10(13)6-18/h1-2,5,8,10,13H,3-4,6-7H2,(H,17,19). The molecular formula is C15H15BrN2O2. The van der Waals surface area contributed by atoms with Gasteiger partial charge in [-0.25, -0.2) is 0 Å². The smallest absolute Gasteiger partial charge is 0.251 e. The van der Waals surface area contributed by atoms with Gasteiger partial charge in [0.05, 0.1) is 4.47 Å². The number of carbonyl (C=O) groups excluding carboxylic acids is 1. The van der Waals surface area contributed by atoms with Crippen LogP contribution in [0.1, 0.15) is 16.8 Å². The molecule has 0 radical (unpaired) electrons. The van der Waals surface area contributed by atoms with Crippen LogP contribution in [0.2, 0.25) is 0 Å². The number of hydrogen-bond acceptors (Lipinski definition) is 3. The van der Waals surface area contributed by atoms with E-state index >= 15 is 0 Å². The minimum Gasteiger partial charge on any atom is -0.463 e. The molecular weight excluding hydrogens is 320 g/mol. The Morgan fingerprint density at radius 1 is 1.40 bits per heavy atom. The molecule has 20 heavy (non-hydrogen) atoms. The first-order chi connectivity index (χ1) is 9.70.